The molecule has 2 aromatic carbocycles. The van der Waals surface area contributed by atoms with Crippen LogP contribution in [-0.2, 0) is 4.79 Å². The van der Waals surface area contributed by atoms with Crippen molar-refractivity contribution in [1.29, 1.82) is 0 Å². The molecule has 1 amide bonds. The first-order valence-corrected chi connectivity index (χ1v) is 12.0. The van der Waals surface area contributed by atoms with Gasteiger partial charge in [0.15, 0.2) is 4.34 Å². The van der Waals surface area contributed by atoms with Crippen molar-refractivity contribution in [3.63, 3.8) is 0 Å². The molecule has 0 spiro atoms. The van der Waals surface area contributed by atoms with E-state index in [1.165, 1.54) is 29.2 Å². The molecule has 0 unspecified atom stereocenters. The lowest BCUT2D eigenvalue weighted by atomic mass is 10.1. The molecule has 3 rings (SSSR count). The van der Waals surface area contributed by atoms with Crippen LogP contribution in [0.15, 0.2) is 45.7 Å². The van der Waals surface area contributed by atoms with E-state index >= 15 is 0 Å². The first-order valence-electron chi connectivity index (χ1n) is 10.2. The number of thioether (sulfide) groups is 1. The normalized spacial score (nSPS) is 11.2. The van der Waals surface area contributed by atoms with Crippen LogP contribution in [0.1, 0.15) is 25.3 Å². The first kappa shape index (κ1) is 23.7. The highest BCUT2D eigenvalue weighted by Gasteiger charge is 2.15. The van der Waals surface area contributed by atoms with Crippen molar-refractivity contribution < 1.29 is 9.72 Å². The van der Waals surface area contributed by atoms with Crippen LogP contribution in [0, 0.1) is 10.1 Å². The van der Waals surface area contributed by atoms with E-state index in [-0.39, 0.29) is 16.5 Å². The van der Waals surface area contributed by atoms with Crippen LogP contribution < -0.4 is 10.2 Å². The second kappa shape index (κ2) is 11.1. The number of nitro benzene ring substituents is 1. The SMILES string of the molecule is CCCCNC(=O)CSc1nc2ccc(N=Cc3ccc(N(C)C)c([N+](=O)[O-])c3)cc2s1. The minimum Gasteiger partial charge on any atom is -0.372 e. The Bertz CT molecular complexity index is 1140. The standard InChI is InChI=1S/C22H25N5O3S2/c1-4-5-10-23-21(28)14-31-22-25-17-8-7-16(12-20(17)32-22)24-13-15-6-9-18(26(2)3)19(11-15)27(29)30/h6-9,11-13H,4-5,10,14H2,1-3H3,(H,23,28). The van der Waals surface area contributed by atoms with Gasteiger partial charge in [-0.15, -0.1) is 11.3 Å². The van der Waals surface area contributed by atoms with Gasteiger partial charge in [0.25, 0.3) is 5.69 Å². The van der Waals surface area contributed by atoms with Crippen molar-refractivity contribution >= 4 is 62.5 Å². The maximum atomic E-state index is 11.9. The Morgan fingerprint density at radius 3 is 2.84 bits per heavy atom. The fourth-order valence-corrected chi connectivity index (χ4v) is 4.84. The number of fused-ring (bicyclic) bond motifs is 1. The predicted octanol–water partition coefficient (Wildman–Crippen LogP) is 5.03. The van der Waals surface area contributed by atoms with Crippen LogP contribution in [0.4, 0.5) is 17.1 Å². The minimum atomic E-state index is -0.390. The average Bonchev–Trinajstić information content (AvgIpc) is 3.18. The van der Waals surface area contributed by atoms with Gasteiger partial charge in [-0.05, 0) is 36.2 Å². The van der Waals surface area contributed by atoms with Gasteiger partial charge in [-0.3, -0.25) is 19.9 Å². The Morgan fingerprint density at radius 2 is 2.12 bits per heavy atom. The van der Waals surface area contributed by atoms with Crippen LogP contribution in [0.5, 0.6) is 0 Å². The van der Waals surface area contributed by atoms with E-state index in [0.717, 1.165) is 33.1 Å². The van der Waals surface area contributed by atoms with Crippen LogP contribution in [0.2, 0.25) is 0 Å². The highest BCUT2D eigenvalue weighted by molar-refractivity contribution is 8.01. The maximum Gasteiger partial charge on any atom is 0.293 e. The van der Waals surface area contributed by atoms with E-state index in [1.54, 1.807) is 37.3 Å². The second-order valence-electron chi connectivity index (χ2n) is 7.28. The smallest absolute Gasteiger partial charge is 0.293 e. The fraction of sp³-hybridized carbons (Fsp3) is 0.318. The molecule has 0 bridgehead atoms. The van der Waals surface area contributed by atoms with Gasteiger partial charge in [-0.25, -0.2) is 4.98 Å². The molecule has 8 nitrogen and oxygen atoms in total. The number of hydrogen-bond acceptors (Lipinski definition) is 8. The fourth-order valence-electron chi connectivity index (χ4n) is 2.91. The number of benzene rings is 2. The number of carbonyl (C=O) groups excluding carboxylic acids is 1. The highest BCUT2D eigenvalue weighted by atomic mass is 32.2. The summed E-state index contributed by atoms with van der Waals surface area (Å²) in [5, 5.41) is 14.3. The van der Waals surface area contributed by atoms with Gasteiger partial charge in [0, 0.05) is 32.9 Å². The summed E-state index contributed by atoms with van der Waals surface area (Å²) in [6, 6.07) is 10.7. The second-order valence-corrected chi connectivity index (χ2v) is 9.53. The third kappa shape index (κ3) is 6.27. The summed E-state index contributed by atoms with van der Waals surface area (Å²) < 4.78 is 1.81. The molecule has 1 aromatic heterocycles. The topological polar surface area (TPSA) is 101 Å². The van der Waals surface area contributed by atoms with Gasteiger partial charge in [-0.1, -0.05) is 31.2 Å². The molecule has 0 fully saturated rings. The third-order valence-electron chi connectivity index (χ3n) is 4.57. The number of nitrogens with one attached hydrogen (secondary N) is 1. The van der Waals surface area contributed by atoms with Gasteiger partial charge in [-0.2, -0.15) is 0 Å². The van der Waals surface area contributed by atoms with E-state index in [1.807, 2.05) is 18.2 Å². The molecule has 0 aliphatic rings. The van der Waals surface area contributed by atoms with Crippen molar-refractivity contribution in [2.45, 2.75) is 24.1 Å². The van der Waals surface area contributed by atoms with Gasteiger partial charge in [0.2, 0.25) is 5.91 Å². The zero-order valence-electron chi connectivity index (χ0n) is 18.2. The van der Waals surface area contributed by atoms with Crippen molar-refractivity contribution in [3.8, 4) is 0 Å². The number of nitrogens with zero attached hydrogens (tertiary/aromatic N) is 4. The zero-order valence-corrected chi connectivity index (χ0v) is 19.8. The molecule has 0 saturated carbocycles. The van der Waals surface area contributed by atoms with Crippen LogP contribution in [0.25, 0.3) is 10.2 Å². The van der Waals surface area contributed by atoms with Crippen molar-refractivity contribution in [3.05, 3.63) is 52.1 Å². The van der Waals surface area contributed by atoms with Gasteiger partial charge in [0.05, 0.1) is 26.6 Å². The highest BCUT2D eigenvalue weighted by Crippen LogP contribution is 2.32. The molecule has 1 N–H and O–H groups in total. The lowest BCUT2D eigenvalue weighted by Gasteiger charge is -2.12. The monoisotopic (exact) mass is 471 g/mol. The number of amides is 1. The largest absolute Gasteiger partial charge is 0.372 e. The van der Waals surface area contributed by atoms with E-state index in [0.29, 0.717) is 23.5 Å². The molecule has 3 aromatic rings. The van der Waals surface area contributed by atoms with Crippen molar-refractivity contribution in [1.82, 2.24) is 10.3 Å². The molecule has 0 atom stereocenters. The number of rotatable bonds is 10. The Hall–Kier alpha value is -2.98. The lowest BCUT2D eigenvalue weighted by molar-refractivity contribution is -0.384. The van der Waals surface area contributed by atoms with E-state index in [2.05, 4.69) is 22.2 Å². The molecular weight excluding hydrogens is 446 g/mol. The summed E-state index contributed by atoms with van der Waals surface area (Å²) in [5.41, 5.74) is 2.82. The Balaban J connectivity index is 1.69. The molecule has 32 heavy (non-hydrogen) atoms. The Labute approximate surface area is 194 Å². The molecule has 0 radical (unpaired) electrons. The molecule has 0 saturated heterocycles. The summed E-state index contributed by atoms with van der Waals surface area (Å²) in [4.78, 5) is 33.6. The van der Waals surface area contributed by atoms with Gasteiger partial charge < -0.3 is 10.2 Å². The first-order chi connectivity index (χ1) is 15.4. The number of aromatic nitrogens is 1. The predicted molar refractivity (Wildman–Crippen MR) is 133 cm³/mol. The molecule has 168 valence electrons. The minimum absolute atomic E-state index is 0.0161. The van der Waals surface area contributed by atoms with Crippen LogP contribution >= 0.6 is 23.1 Å². The summed E-state index contributed by atoms with van der Waals surface area (Å²) in [7, 11) is 3.54. The number of nitro groups is 1. The average molecular weight is 472 g/mol. The molecule has 0 aliphatic carbocycles. The van der Waals surface area contributed by atoms with E-state index < -0.39 is 0 Å². The van der Waals surface area contributed by atoms with Crippen LogP contribution in [-0.4, -0.2) is 48.4 Å². The maximum absolute atomic E-state index is 11.9. The van der Waals surface area contributed by atoms with Crippen molar-refractivity contribution in [2.75, 3.05) is 31.3 Å². The zero-order chi connectivity index (χ0) is 23.1. The van der Waals surface area contributed by atoms with E-state index in [4.69, 9.17) is 0 Å². The van der Waals surface area contributed by atoms with Crippen LogP contribution in [0.3, 0.4) is 0 Å². The van der Waals surface area contributed by atoms with Gasteiger partial charge in [0.1, 0.15) is 5.69 Å². The molecule has 1 heterocycles. The van der Waals surface area contributed by atoms with Crippen molar-refractivity contribution in [2.24, 2.45) is 4.99 Å². The lowest BCUT2D eigenvalue weighted by Crippen LogP contribution is -2.25. The van der Waals surface area contributed by atoms with Gasteiger partial charge >= 0.3 is 0 Å². The number of hydrogen-bond donors (Lipinski definition) is 1. The quantitative estimate of drug-likeness (QED) is 0.146. The third-order valence-corrected chi connectivity index (χ3v) is 6.73. The number of anilines is 1. The number of carbonyl (C=O) groups is 1. The molecular formula is C22H25N5O3S2. The number of unbranched alkanes of at least 4 members (excludes halogenated alkanes) is 1. The summed E-state index contributed by atoms with van der Waals surface area (Å²) in [6.45, 7) is 2.79. The molecule has 0 aliphatic heterocycles. The Kier molecular flexibility index (Phi) is 8.18. The summed E-state index contributed by atoms with van der Waals surface area (Å²) in [5.74, 6) is 0.360. The number of thiazole rings is 1. The summed E-state index contributed by atoms with van der Waals surface area (Å²) in [6.07, 6.45) is 3.65. The summed E-state index contributed by atoms with van der Waals surface area (Å²) >= 11 is 2.94. The van der Waals surface area contributed by atoms with E-state index in [9.17, 15) is 14.9 Å². The Morgan fingerprint density at radius 1 is 1.31 bits per heavy atom. The number of aliphatic imine (C=N–C) groups is 1. The molecule has 10 heteroatoms.